The van der Waals surface area contributed by atoms with E-state index in [-0.39, 0.29) is 17.5 Å². The first-order valence-corrected chi connectivity index (χ1v) is 25.9. The van der Waals surface area contributed by atoms with Gasteiger partial charge in [-0.25, -0.2) is 0 Å². The van der Waals surface area contributed by atoms with Gasteiger partial charge in [-0.2, -0.15) is 10.5 Å². The van der Waals surface area contributed by atoms with E-state index in [0.717, 1.165) is 42.5 Å². The molecule has 8 heterocycles. The van der Waals surface area contributed by atoms with Gasteiger partial charge < -0.3 is 20.8 Å². The van der Waals surface area contributed by atoms with Gasteiger partial charge in [0.15, 0.2) is 0 Å². The fourth-order valence-electron chi connectivity index (χ4n) is 11.9. The largest absolute Gasteiger partial charge is 0.391 e. The maximum Gasteiger partial charge on any atom is 0.267 e. The number of fused-ring (bicyclic) bond motifs is 2. The molecule has 376 valence electrons. The van der Waals surface area contributed by atoms with Gasteiger partial charge in [-0.3, -0.25) is 47.7 Å². The van der Waals surface area contributed by atoms with E-state index in [9.17, 15) is 39.9 Å². The number of nitrogens with one attached hydrogen (secondary N) is 2. The Kier molecular flexibility index (Phi) is 14.1. The SMILES string of the molecule is N#CC1(c2ccccn2)CCN(Cc2cc(C(=O)N[C@H]3CCCC[C@@]3(O)Cc3cccc(C4(C#N)CCN(Cc5cc(C(=O)N[C@H]6CCCC[C@@H]6O)c(=O)n6ccccc56)CC4)n3)c(=O)n3ccccc23)CC1. The van der Waals surface area contributed by atoms with Gasteiger partial charge in [0.1, 0.15) is 22.0 Å². The van der Waals surface area contributed by atoms with Gasteiger partial charge >= 0.3 is 0 Å². The normalized spacial score (nSPS) is 23.3. The zero-order valence-electron chi connectivity index (χ0n) is 41.1. The van der Waals surface area contributed by atoms with E-state index in [1.807, 2.05) is 60.7 Å². The molecule has 4 N–H and O–H groups in total. The zero-order chi connectivity index (χ0) is 50.7. The van der Waals surface area contributed by atoms with Crippen LogP contribution in [0.15, 0.2) is 113 Å². The number of likely N-dealkylation sites (tertiary alicyclic amines) is 2. The van der Waals surface area contributed by atoms with E-state index >= 15 is 0 Å². The summed E-state index contributed by atoms with van der Waals surface area (Å²) < 4.78 is 3.01. The summed E-state index contributed by atoms with van der Waals surface area (Å²) >= 11 is 0. The molecular formula is C57H62N10O6. The summed E-state index contributed by atoms with van der Waals surface area (Å²) in [5, 5.41) is 50.1. The summed E-state index contributed by atoms with van der Waals surface area (Å²) in [4.78, 5) is 69.6. The van der Waals surface area contributed by atoms with E-state index in [1.54, 1.807) is 42.9 Å². The summed E-state index contributed by atoms with van der Waals surface area (Å²) in [7, 11) is 0. The van der Waals surface area contributed by atoms with Crippen molar-refractivity contribution >= 4 is 22.8 Å². The molecule has 16 nitrogen and oxygen atoms in total. The van der Waals surface area contributed by atoms with Crippen molar-refractivity contribution in [2.75, 3.05) is 26.2 Å². The summed E-state index contributed by atoms with van der Waals surface area (Å²) in [6, 6.07) is 29.6. The summed E-state index contributed by atoms with van der Waals surface area (Å²) in [5.74, 6) is -1.06. The molecule has 0 bridgehead atoms. The summed E-state index contributed by atoms with van der Waals surface area (Å²) in [6.45, 7) is 3.28. The Morgan fingerprint density at radius 2 is 1.21 bits per heavy atom. The molecule has 16 heteroatoms. The standard InChI is InChI=1S/C57H62N10O6/c58-37-55(48-17-4-8-25-60-48)21-28-64(29-22-55)36-40-33-43(54(72)67-27-10-6-15-46(40)67)52(70)63-50-18-3-7-20-57(50,73)34-41-12-11-19-49(61-41)56(38-59)23-30-65(31-24-56)35-39-32-42(53(71)66-26-9-5-14-45(39)66)51(69)62-44-13-1-2-16-47(44)68/h4-6,8-12,14-15,17,19,25-27,32-33,44,47,50,68,73H,1-3,7,13,16,18,20-24,28-31,34-36H2,(H,62,69)(H,63,70)/t44-,47-,50-,57+/m0/s1. The minimum Gasteiger partial charge on any atom is -0.391 e. The Hall–Kier alpha value is -7.08. The van der Waals surface area contributed by atoms with E-state index in [2.05, 4.69) is 37.6 Å². The van der Waals surface area contributed by atoms with Crippen LogP contribution in [0.25, 0.3) is 11.0 Å². The molecule has 0 spiro atoms. The van der Waals surface area contributed by atoms with Crippen LogP contribution in [0, 0.1) is 22.7 Å². The van der Waals surface area contributed by atoms with E-state index in [4.69, 9.17) is 4.98 Å². The number of pyridine rings is 6. The number of aromatic nitrogens is 4. The Morgan fingerprint density at radius 3 is 1.78 bits per heavy atom. The number of rotatable bonds is 12. The highest BCUT2D eigenvalue weighted by Gasteiger charge is 2.43. The van der Waals surface area contributed by atoms with E-state index in [1.165, 1.54) is 8.80 Å². The highest BCUT2D eigenvalue weighted by atomic mass is 16.3. The summed E-state index contributed by atoms with van der Waals surface area (Å²) in [6.07, 6.45) is 12.2. The van der Waals surface area contributed by atoms with Gasteiger partial charge in [-0.05, 0) is 123 Å². The van der Waals surface area contributed by atoms with Crippen LogP contribution >= 0.6 is 0 Å². The van der Waals surface area contributed by atoms with Crippen LogP contribution in [0.1, 0.15) is 126 Å². The molecular weight excluding hydrogens is 921 g/mol. The van der Waals surface area contributed by atoms with Gasteiger partial charge in [0.2, 0.25) is 0 Å². The molecule has 73 heavy (non-hydrogen) atoms. The monoisotopic (exact) mass is 982 g/mol. The first-order chi connectivity index (χ1) is 35.4. The number of hydrogen-bond donors (Lipinski definition) is 4. The minimum absolute atomic E-state index is 0.0124. The number of amides is 2. The lowest BCUT2D eigenvalue weighted by atomic mass is 9.75. The number of piperidine rings is 2. The molecule has 4 aliphatic rings. The molecule has 0 aromatic carbocycles. The first kappa shape index (κ1) is 49.5. The van der Waals surface area contributed by atoms with Crippen molar-refractivity contribution in [1.82, 2.24) is 39.2 Å². The molecule has 0 radical (unpaired) electrons. The Labute approximate surface area is 423 Å². The molecule has 2 amide bonds. The van der Waals surface area contributed by atoms with Gasteiger partial charge in [0, 0.05) is 70.0 Å². The Bertz CT molecular complexity index is 3240. The van der Waals surface area contributed by atoms with Crippen LogP contribution in [0.3, 0.4) is 0 Å². The number of aliphatic hydroxyl groups excluding tert-OH is 1. The lowest BCUT2D eigenvalue weighted by Crippen LogP contribution is -2.56. The molecule has 0 unspecified atom stereocenters. The average molecular weight is 983 g/mol. The molecule has 10 rings (SSSR count). The fourth-order valence-corrected chi connectivity index (χ4v) is 11.9. The van der Waals surface area contributed by atoms with Gasteiger partial charge in [-0.15, -0.1) is 0 Å². The van der Waals surface area contributed by atoms with Crippen molar-refractivity contribution in [3.8, 4) is 12.1 Å². The highest BCUT2D eigenvalue weighted by Crippen LogP contribution is 2.38. The van der Waals surface area contributed by atoms with Crippen molar-refractivity contribution in [2.45, 2.75) is 131 Å². The van der Waals surface area contributed by atoms with Crippen molar-refractivity contribution in [1.29, 1.82) is 10.5 Å². The van der Waals surface area contributed by atoms with Crippen LogP contribution in [0.5, 0.6) is 0 Å². The predicted molar refractivity (Wildman–Crippen MR) is 274 cm³/mol. The van der Waals surface area contributed by atoms with E-state index < -0.39 is 57.6 Å². The van der Waals surface area contributed by atoms with Crippen molar-refractivity contribution in [3.05, 3.63) is 164 Å². The molecule has 2 saturated heterocycles. The zero-order valence-corrected chi connectivity index (χ0v) is 41.1. The lowest BCUT2D eigenvalue weighted by molar-refractivity contribution is -0.0254. The second kappa shape index (κ2) is 20.8. The van der Waals surface area contributed by atoms with Gasteiger partial charge in [-0.1, -0.05) is 49.9 Å². The van der Waals surface area contributed by atoms with Crippen LogP contribution in [0.4, 0.5) is 0 Å². The Morgan fingerprint density at radius 1 is 0.658 bits per heavy atom. The quantitative estimate of drug-likeness (QED) is 0.120. The molecule has 4 fully saturated rings. The topological polar surface area (TPSA) is 221 Å². The number of carbonyl (C=O) groups is 2. The average Bonchev–Trinajstić information content (AvgIpc) is 3.42. The third-order valence-electron chi connectivity index (χ3n) is 16.3. The maximum atomic E-state index is 14.3. The number of aliphatic hydroxyl groups is 2. The molecule has 4 atom stereocenters. The third-order valence-corrected chi connectivity index (χ3v) is 16.3. The summed E-state index contributed by atoms with van der Waals surface area (Å²) in [5.41, 5.74) is 1.17. The molecule has 2 saturated carbocycles. The predicted octanol–water partition coefficient (Wildman–Crippen LogP) is 5.50. The van der Waals surface area contributed by atoms with Crippen LogP contribution in [0.2, 0.25) is 0 Å². The number of hydrogen-bond acceptors (Lipinski definition) is 12. The first-order valence-electron chi connectivity index (χ1n) is 25.9. The fraction of sp³-hybridized carbons (Fsp3) is 0.439. The number of nitrogens with zero attached hydrogens (tertiary/aromatic N) is 8. The second-order valence-corrected chi connectivity index (χ2v) is 20.8. The highest BCUT2D eigenvalue weighted by molar-refractivity contribution is 5.95. The molecule has 6 aromatic rings. The van der Waals surface area contributed by atoms with Crippen molar-refractivity contribution in [3.63, 3.8) is 0 Å². The van der Waals surface area contributed by atoms with Crippen molar-refractivity contribution < 1.29 is 19.8 Å². The second-order valence-electron chi connectivity index (χ2n) is 20.8. The molecule has 2 aliphatic heterocycles. The van der Waals surface area contributed by atoms with Crippen LogP contribution < -0.4 is 21.8 Å². The molecule has 2 aliphatic carbocycles. The van der Waals surface area contributed by atoms with Crippen LogP contribution in [-0.4, -0.2) is 101 Å². The number of carbonyl (C=O) groups excluding carboxylic acids is 2. The number of nitriles is 2. The van der Waals surface area contributed by atoms with Crippen LogP contribution in [-0.2, 0) is 30.3 Å². The third kappa shape index (κ3) is 9.93. The van der Waals surface area contributed by atoms with Gasteiger partial charge in [0.05, 0.1) is 58.3 Å². The van der Waals surface area contributed by atoms with Crippen molar-refractivity contribution in [2.24, 2.45) is 0 Å². The molecule has 6 aromatic heterocycles. The smallest absolute Gasteiger partial charge is 0.267 e. The van der Waals surface area contributed by atoms with E-state index in [0.29, 0.717) is 113 Å². The lowest BCUT2D eigenvalue weighted by Gasteiger charge is -2.40. The minimum atomic E-state index is -1.38. The maximum absolute atomic E-state index is 14.3. The Balaban J connectivity index is 0.823. The van der Waals surface area contributed by atoms with Gasteiger partial charge in [0.25, 0.3) is 22.9 Å².